The minimum atomic E-state index is -0.606. The van der Waals surface area contributed by atoms with Gasteiger partial charge in [0.25, 0.3) is 5.91 Å². The van der Waals surface area contributed by atoms with Crippen LogP contribution < -0.4 is 10.6 Å². The highest BCUT2D eigenvalue weighted by Gasteiger charge is 2.25. The van der Waals surface area contributed by atoms with Gasteiger partial charge in [0.1, 0.15) is 6.04 Å². The summed E-state index contributed by atoms with van der Waals surface area (Å²) in [4.78, 5) is 25.1. The van der Waals surface area contributed by atoms with Gasteiger partial charge in [-0.15, -0.1) is 11.3 Å². The fraction of sp³-hybridized carbons (Fsp3) is 0.250. The van der Waals surface area contributed by atoms with Gasteiger partial charge in [0.05, 0.1) is 4.88 Å². The van der Waals surface area contributed by atoms with E-state index in [1.165, 1.54) is 11.3 Å². The van der Waals surface area contributed by atoms with E-state index in [1.54, 1.807) is 36.4 Å². The van der Waals surface area contributed by atoms with Crippen LogP contribution in [-0.2, 0) is 4.79 Å². The van der Waals surface area contributed by atoms with Gasteiger partial charge in [0.15, 0.2) is 0 Å². The summed E-state index contributed by atoms with van der Waals surface area (Å²) in [5.74, 6) is -0.515. The number of carbonyl (C=O) groups excluding carboxylic acids is 2. The number of carbonyl (C=O) groups is 2. The van der Waals surface area contributed by atoms with Crippen LogP contribution in [0.5, 0.6) is 0 Å². The molecule has 6 heteroatoms. The summed E-state index contributed by atoms with van der Waals surface area (Å²) in [6.07, 6.45) is 0. The lowest BCUT2D eigenvalue weighted by molar-refractivity contribution is -0.118. The Morgan fingerprint density at radius 2 is 1.82 bits per heavy atom. The Morgan fingerprint density at radius 1 is 1.14 bits per heavy atom. The summed E-state index contributed by atoms with van der Waals surface area (Å²) in [5, 5.41) is 8.00. The van der Waals surface area contributed by atoms with E-state index in [0.717, 1.165) is 0 Å². The molecule has 1 aromatic heterocycles. The van der Waals surface area contributed by atoms with Crippen molar-refractivity contribution in [3.05, 3.63) is 51.7 Å². The summed E-state index contributed by atoms with van der Waals surface area (Å²) in [6, 6.07) is 9.77. The molecule has 0 saturated carbocycles. The van der Waals surface area contributed by atoms with Gasteiger partial charge >= 0.3 is 0 Å². The molecule has 2 aromatic rings. The highest BCUT2D eigenvalue weighted by atomic mass is 35.5. The second-order valence-electron chi connectivity index (χ2n) is 5.17. The molecule has 0 radical (unpaired) electrons. The molecule has 2 amide bonds. The van der Waals surface area contributed by atoms with Crippen LogP contribution in [0.25, 0.3) is 0 Å². The summed E-state index contributed by atoms with van der Waals surface area (Å²) in [6.45, 7) is 3.78. The highest BCUT2D eigenvalue weighted by molar-refractivity contribution is 7.12. The lowest BCUT2D eigenvalue weighted by atomic mass is 10.0. The maximum Gasteiger partial charge on any atom is 0.262 e. The minimum absolute atomic E-state index is 0.0313. The van der Waals surface area contributed by atoms with Crippen molar-refractivity contribution < 1.29 is 9.59 Å². The molecule has 1 atom stereocenters. The summed E-state index contributed by atoms with van der Waals surface area (Å²) < 4.78 is 0. The zero-order valence-electron chi connectivity index (χ0n) is 12.3. The van der Waals surface area contributed by atoms with Gasteiger partial charge in [-0.05, 0) is 41.6 Å². The molecule has 0 bridgehead atoms. The van der Waals surface area contributed by atoms with E-state index in [9.17, 15) is 9.59 Å². The Labute approximate surface area is 138 Å². The van der Waals surface area contributed by atoms with Crippen molar-refractivity contribution in [2.24, 2.45) is 5.92 Å². The number of halogens is 1. The topological polar surface area (TPSA) is 58.2 Å². The monoisotopic (exact) mass is 336 g/mol. The number of anilines is 1. The average Bonchev–Trinajstić information content (AvgIpc) is 3.00. The van der Waals surface area contributed by atoms with Crippen LogP contribution in [0, 0.1) is 5.92 Å². The number of hydrogen-bond donors (Lipinski definition) is 2. The highest BCUT2D eigenvalue weighted by Crippen LogP contribution is 2.15. The van der Waals surface area contributed by atoms with Gasteiger partial charge < -0.3 is 10.6 Å². The zero-order valence-corrected chi connectivity index (χ0v) is 13.9. The number of rotatable bonds is 5. The molecule has 0 aliphatic rings. The number of benzene rings is 1. The van der Waals surface area contributed by atoms with E-state index < -0.39 is 6.04 Å². The van der Waals surface area contributed by atoms with Crippen LogP contribution in [0.4, 0.5) is 5.69 Å². The minimum Gasteiger partial charge on any atom is -0.339 e. The van der Waals surface area contributed by atoms with E-state index in [-0.39, 0.29) is 17.7 Å². The van der Waals surface area contributed by atoms with Crippen LogP contribution in [-0.4, -0.2) is 17.9 Å². The van der Waals surface area contributed by atoms with Gasteiger partial charge in [0, 0.05) is 10.7 Å². The molecule has 0 saturated heterocycles. The molecular formula is C16H17ClN2O2S. The second kappa shape index (κ2) is 7.42. The number of amides is 2. The maximum atomic E-state index is 12.4. The number of nitrogens with one attached hydrogen (secondary N) is 2. The van der Waals surface area contributed by atoms with Gasteiger partial charge in [-0.1, -0.05) is 31.5 Å². The van der Waals surface area contributed by atoms with Gasteiger partial charge in [-0.3, -0.25) is 9.59 Å². The fourth-order valence-electron chi connectivity index (χ4n) is 1.91. The van der Waals surface area contributed by atoms with Crippen molar-refractivity contribution in [1.29, 1.82) is 0 Å². The first kappa shape index (κ1) is 16.5. The van der Waals surface area contributed by atoms with Crippen molar-refractivity contribution in [3.8, 4) is 0 Å². The molecule has 22 heavy (non-hydrogen) atoms. The molecular weight excluding hydrogens is 320 g/mol. The molecule has 0 unspecified atom stereocenters. The van der Waals surface area contributed by atoms with Crippen molar-refractivity contribution >= 4 is 40.4 Å². The molecule has 0 aliphatic carbocycles. The van der Waals surface area contributed by atoms with Gasteiger partial charge in [-0.25, -0.2) is 0 Å². The van der Waals surface area contributed by atoms with Gasteiger partial charge in [-0.2, -0.15) is 0 Å². The molecule has 116 valence electrons. The first-order valence-corrected chi connectivity index (χ1v) is 8.14. The Hall–Kier alpha value is -1.85. The van der Waals surface area contributed by atoms with Crippen LogP contribution in [0.1, 0.15) is 23.5 Å². The third kappa shape index (κ3) is 4.32. The molecule has 1 aromatic carbocycles. The molecule has 2 rings (SSSR count). The van der Waals surface area contributed by atoms with E-state index in [1.807, 2.05) is 19.2 Å². The SMILES string of the molecule is CC(C)[C@@H](NC(=O)c1cccs1)C(=O)Nc1ccc(Cl)cc1. The summed E-state index contributed by atoms with van der Waals surface area (Å²) in [7, 11) is 0. The average molecular weight is 337 g/mol. The zero-order chi connectivity index (χ0) is 16.1. The van der Waals surface area contributed by atoms with E-state index in [0.29, 0.717) is 15.6 Å². The first-order valence-electron chi connectivity index (χ1n) is 6.88. The molecule has 2 N–H and O–H groups in total. The Kier molecular flexibility index (Phi) is 5.57. The molecule has 4 nitrogen and oxygen atoms in total. The standard InChI is InChI=1S/C16H17ClN2O2S/c1-10(2)14(19-15(20)13-4-3-9-22-13)16(21)18-12-7-5-11(17)6-8-12/h3-10,14H,1-2H3,(H,18,21)(H,19,20)/t14-/m1/s1. The van der Waals surface area contributed by atoms with Crippen molar-refractivity contribution in [2.75, 3.05) is 5.32 Å². The number of hydrogen-bond acceptors (Lipinski definition) is 3. The normalized spacial score (nSPS) is 12.0. The molecule has 1 heterocycles. The predicted octanol–water partition coefficient (Wildman–Crippen LogP) is 3.79. The van der Waals surface area contributed by atoms with E-state index in [4.69, 9.17) is 11.6 Å². The van der Waals surface area contributed by atoms with E-state index >= 15 is 0 Å². The first-order chi connectivity index (χ1) is 10.5. The Morgan fingerprint density at radius 3 is 2.36 bits per heavy atom. The van der Waals surface area contributed by atoms with Crippen molar-refractivity contribution in [1.82, 2.24) is 5.32 Å². The summed E-state index contributed by atoms with van der Waals surface area (Å²) >= 11 is 7.16. The molecule has 0 spiro atoms. The maximum absolute atomic E-state index is 12.4. The Bertz CT molecular complexity index is 639. The molecule has 0 aliphatic heterocycles. The lowest BCUT2D eigenvalue weighted by Gasteiger charge is -2.21. The summed E-state index contributed by atoms with van der Waals surface area (Å²) in [5.41, 5.74) is 0.644. The van der Waals surface area contributed by atoms with Crippen LogP contribution in [0.2, 0.25) is 5.02 Å². The largest absolute Gasteiger partial charge is 0.339 e. The van der Waals surface area contributed by atoms with Crippen molar-refractivity contribution in [2.45, 2.75) is 19.9 Å². The van der Waals surface area contributed by atoms with Crippen LogP contribution >= 0.6 is 22.9 Å². The van der Waals surface area contributed by atoms with Crippen LogP contribution in [0.3, 0.4) is 0 Å². The van der Waals surface area contributed by atoms with Gasteiger partial charge in [0.2, 0.25) is 5.91 Å². The van der Waals surface area contributed by atoms with Crippen LogP contribution in [0.15, 0.2) is 41.8 Å². The fourth-order valence-corrected chi connectivity index (χ4v) is 2.66. The molecule has 0 fully saturated rings. The predicted molar refractivity (Wildman–Crippen MR) is 90.5 cm³/mol. The Balaban J connectivity index is 2.05. The van der Waals surface area contributed by atoms with Crippen molar-refractivity contribution in [3.63, 3.8) is 0 Å². The number of thiophene rings is 1. The smallest absolute Gasteiger partial charge is 0.262 e. The third-order valence-corrected chi connectivity index (χ3v) is 4.21. The van der Waals surface area contributed by atoms with E-state index in [2.05, 4.69) is 10.6 Å². The lowest BCUT2D eigenvalue weighted by Crippen LogP contribution is -2.46. The quantitative estimate of drug-likeness (QED) is 0.872. The third-order valence-electron chi connectivity index (χ3n) is 3.09. The second-order valence-corrected chi connectivity index (χ2v) is 6.55.